The molecule has 0 spiro atoms. The number of nitrogens with zero attached hydrogens (tertiary/aromatic N) is 1. The zero-order valence-corrected chi connectivity index (χ0v) is 22.0. The number of rotatable bonds is 4. The predicted molar refractivity (Wildman–Crippen MR) is 163 cm³/mol. The van der Waals surface area contributed by atoms with Crippen molar-refractivity contribution >= 4 is 50.1 Å². The Kier molecular flexibility index (Phi) is 5.38. The van der Waals surface area contributed by atoms with Crippen LogP contribution in [-0.2, 0) is 0 Å². The molecule has 0 unspecified atom stereocenters. The lowest BCUT2D eigenvalue weighted by Crippen LogP contribution is -2.25. The highest BCUT2D eigenvalue weighted by molar-refractivity contribution is 6.19. The highest BCUT2D eigenvalue weighted by atomic mass is 14.9. The summed E-state index contributed by atoms with van der Waals surface area (Å²) in [6, 6.07) is 22.7. The van der Waals surface area contributed by atoms with Gasteiger partial charge in [-0.25, -0.2) is 0 Å². The van der Waals surface area contributed by atoms with Crippen molar-refractivity contribution in [1.82, 2.24) is 4.40 Å². The molecule has 0 atom stereocenters. The fourth-order valence-electron chi connectivity index (χ4n) is 6.19. The molecule has 0 aliphatic heterocycles. The average molecular weight is 478 g/mol. The largest absolute Gasteiger partial charge is 0.308 e. The number of hydrogen-bond acceptors (Lipinski definition) is 0. The van der Waals surface area contributed by atoms with E-state index in [1.165, 1.54) is 76.3 Å². The number of benzene rings is 4. The molecule has 6 aromatic rings. The first-order chi connectivity index (χ1) is 17.9. The quantitative estimate of drug-likeness (QED) is 0.225. The molecule has 0 radical (unpaired) electrons. The Morgan fingerprint density at radius 2 is 1.51 bits per heavy atom. The number of fused-ring (bicyclic) bond motifs is 4. The summed E-state index contributed by atoms with van der Waals surface area (Å²) in [7, 11) is 0. The van der Waals surface area contributed by atoms with Crippen molar-refractivity contribution in [3.8, 4) is 11.1 Å². The number of aromatic nitrogens is 1. The molecule has 0 fully saturated rings. The van der Waals surface area contributed by atoms with Crippen molar-refractivity contribution in [2.24, 2.45) is 0 Å². The van der Waals surface area contributed by atoms with Crippen LogP contribution in [0.1, 0.15) is 23.6 Å². The zero-order valence-electron chi connectivity index (χ0n) is 22.0. The van der Waals surface area contributed by atoms with Gasteiger partial charge in [-0.3, -0.25) is 0 Å². The minimum Gasteiger partial charge on any atom is -0.308 e. The first-order valence-corrected chi connectivity index (χ1v) is 12.9. The lowest BCUT2D eigenvalue weighted by molar-refractivity contribution is 1.21. The van der Waals surface area contributed by atoms with E-state index in [4.69, 9.17) is 0 Å². The smallest absolute Gasteiger partial charge is 0.0620 e. The zero-order chi connectivity index (χ0) is 25.8. The maximum Gasteiger partial charge on any atom is 0.0620 e. The summed E-state index contributed by atoms with van der Waals surface area (Å²) < 4.78 is 2.45. The normalized spacial score (nSPS) is 13.3. The Morgan fingerprint density at radius 3 is 2.19 bits per heavy atom. The van der Waals surface area contributed by atoms with Crippen LogP contribution >= 0.6 is 0 Å². The van der Waals surface area contributed by atoms with E-state index in [2.05, 4.69) is 118 Å². The van der Waals surface area contributed by atoms with Gasteiger partial charge < -0.3 is 4.40 Å². The van der Waals surface area contributed by atoms with Gasteiger partial charge in [0.25, 0.3) is 0 Å². The number of aryl methyl sites for hydroxylation is 3. The van der Waals surface area contributed by atoms with Crippen molar-refractivity contribution in [2.45, 2.75) is 27.7 Å². The molecule has 0 bridgehead atoms. The molecular formula is C36H31N. The van der Waals surface area contributed by atoms with Crippen molar-refractivity contribution < 1.29 is 0 Å². The van der Waals surface area contributed by atoms with Crippen LogP contribution in [0, 0.1) is 20.8 Å². The van der Waals surface area contributed by atoms with Crippen LogP contribution in [0.25, 0.3) is 61.2 Å². The third kappa shape index (κ3) is 3.54. The summed E-state index contributed by atoms with van der Waals surface area (Å²) in [6.45, 7) is 16.9. The summed E-state index contributed by atoms with van der Waals surface area (Å²) in [5, 5.41) is 8.78. The van der Waals surface area contributed by atoms with Gasteiger partial charge in [-0.05, 0) is 96.6 Å². The molecule has 37 heavy (non-hydrogen) atoms. The molecule has 2 heterocycles. The van der Waals surface area contributed by atoms with E-state index in [1.807, 2.05) is 12.2 Å². The Labute approximate surface area is 218 Å². The minimum absolute atomic E-state index is 0.955. The molecule has 1 heteroatoms. The summed E-state index contributed by atoms with van der Waals surface area (Å²) in [6.07, 6.45) is 10.2. The SMILES string of the molecule is C=C/C=C\C(=C)/C=c1\c(=C/C)n2c3cc4ccccc4cc3c3cc(-c4c(C)cc(C)cc4C)cc1c32. The standard InChI is InChI=1S/C36H31N/c1-7-9-12-22(3)17-29-31-19-28(35-24(5)15-23(4)16-25(35)6)20-32-30-18-26-13-10-11-14-27(26)21-34(30)37(36(31)32)33(29)8-2/h7-21H,1,3H2,2,4-6H3/b12-9-,29-17-,33-8+. The summed E-state index contributed by atoms with van der Waals surface area (Å²) >= 11 is 0. The minimum atomic E-state index is 0.955. The molecule has 1 nitrogen and oxygen atoms in total. The number of allylic oxidation sites excluding steroid dienone is 4. The van der Waals surface area contributed by atoms with Gasteiger partial charge >= 0.3 is 0 Å². The van der Waals surface area contributed by atoms with Crippen molar-refractivity contribution in [2.75, 3.05) is 0 Å². The first-order valence-electron chi connectivity index (χ1n) is 12.9. The van der Waals surface area contributed by atoms with Gasteiger partial charge in [-0.2, -0.15) is 0 Å². The molecule has 180 valence electrons. The molecule has 0 N–H and O–H groups in total. The molecule has 0 aliphatic rings. The molecule has 2 aromatic heterocycles. The maximum atomic E-state index is 4.31. The van der Waals surface area contributed by atoms with Gasteiger partial charge in [-0.1, -0.05) is 79.4 Å². The lowest BCUT2D eigenvalue weighted by Gasteiger charge is -2.12. The number of hydrogen-bond donors (Lipinski definition) is 0. The first kappa shape index (κ1) is 23.1. The van der Waals surface area contributed by atoms with Crippen LogP contribution in [0.4, 0.5) is 0 Å². The van der Waals surface area contributed by atoms with Crippen LogP contribution < -0.4 is 10.6 Å². The Hall–Kier alpha value is -4.36. The van der Waals surface area contributed by atoms with Crippen LogP contribution in [0.15, 0.2) is 97.6 Å². The highest BCUT2D eigenvalue weighted by Crippen LogP contribution is 2.38. The topological polar surface area (TPSA) is 4.41 Å². The summed E-state index contributed by atoms with van der Waals surface area (Å²) in [5.74, 6) is 0. The second-order valence-corrected chi connectivity index (χ2v) is 10.1. The molecule has 0 amide bonds. The van der Waals surface area contributed by atoms with Gasteiger partial charge in [0, 0.05) is 26.7 Å². The average Bonchev–Trinajstić information content (AvgIpc) is 3.35. The summed E-state index contributed by atoms with van der Waals surface area (Å²) in [4.78, 5) is 0. The molecular weight excluding hydrogens is 446 g/mol. The fraction of sp³-hybridized carbons (Fsp3) is 0.111. The van der Waals surface area contributed by atoms with Gasteiger partial charge in [-0.15, -0.1) is 0 Å². The second-order valence-electron chi connectivity index (χ2n) is 10.1. The second kappa shape index (κ2) is 8.64. The molecule has 0 saturated heterocycles. The van der Waals surface area contributed by atoms with Crippen LogP contribution in [0.3, 0.4) is 0 Å². The third-order valence-electron chi connectivity index (χ3n) is 7.55. The molecule has 0 aliphatic carbocycles. The summed E-state index contributed by atoms with van der Waals surface area (Å²) in [5.41, 5.74) is 9.98. The monoisotopic (exact) mass is 477 g/mol. The lowest BCUT2D eigenvalue weighted by atomic mass is 9.92. The van der Waals surface area contributed by atoms with Gasteiger partial charge in [0.15, 0.2) is 0 Å². The van der Waals surface area contributed by atoms with E-state index in [-0.39, 0.29) is 0 Å². The van der Waals surface area contributed by atoms with Gasteiger partial charge in [0.2, 0.25) is 0 Å². The fourth-order valence-corrected chi connectivity index (χ4v) is 6.19. The van der Waals surface area contributed by atoms with E-state index in [0.29, 0.717) is 0 Å². The van der Waals surface area contributed by atoms with Crippen LogP contribution in [-0.4, -0.2) is 4.40 Å². The Balaban J connectivity index is 1.85. The van der Waals surface area contributed by atoms with Crippen molar-refractivity contribution in [1.29, 1.82) is 0 Å². The molecule has 4 aromatic carbocycles. The maximum absolute atomic E-state index is 4.31. The van der Waals surface area contributed by atoms with E-state index in [1.54, 1.807) is 6.08 Å². The Morgan fingerprint density at radius 1 is 0.838 bits per heavy atom. The van der Waals surface area contributed by atoms with E-state index in [0.717, 1.165) is 5.57 Å². The molecule has 0 saturated carbocycles. The highest BCUT2D eigenvalue weighted by Gasteiger charge is 2.19. The van der Waals surface area contributed by atoms with Crippen molar-refractivity contribution in [3.63, 3.8) is 0 Å². The predicted octanol–water partition coefficient (Wildman–Crippen LogP) is 8.31. The van der Waals surface area contributed by atoms with Crippen LogP contribution in [0.5, 0.6) is 0 Å². The van der Waals surface area contributed by atoms with Crippen LogP contribution in [0.2, 0.25) is 0 Å². The molecule has 6 rings (SSSR count). The van der Waals surface area contributed by atoms with Gasteiger partial charge in [0.1, 0.15) is 0 Å². The van der Waals surface area contributed by atoms with Gasteiger partial charge in [0.05, 0.1) is 11.0 Å². The third-order valence-corrected chi connectivity index (χ3v) is 7.55. The van der Waals surface area contributed by atoms with E-state index >= 15 is 0 Å². The van der Waals surface area contributed by atoms with Crippen molar-refractivity contribution in [3.05, 3.63) is 125 Å². The Bertz CT molecular complexity index is 2020. The van der Waals surface area contributed by atoms with E-state index < -0.39 is 0 Å². The van der Waals surface area contributed by atoms with E-state index in [9.17, 15) is 0 Å².